The first kappa shape index (κ1) is 15.6. The van der Waals surface area contributed by atoms with Crippen LogP contribution in [0.25, 0.3) is 0 Å². The molecule has 4 rings (SSSR count). The van der Waals surface area contributed by atoms with Gasteiger partial charge < -0.3 is 19.3 Å². The van der Waals surface area contributed by atoms with Crippen molar-refractivity contribution < 1.29 is 14.5 Å². The Morgan fingerprint density at radius 1 is 1.29 bits per heavy atom. The summed E-state index contributed by atoms with van der Waals surface area (Å²) in [5.41, 5.74) is 5.00. The molecular formula is C17H17BN2O3S. The molecule has 1 amide bonds. The highest BCUT2D eigenvalue weighted by Crippen LogP contribution is 2.32. The Labute approximate surface area is 145 Å². The number of carbonyl (C=O) groups is 1. The van der Waals surface area contributed by atoms with Crippen molar-refractivity contribution >= 4 is 41.8 Å². The van der Waals surface area contributed by atoms with Gasteiger partial charge in [0.05, 0.1) is 6.61 Å². The van der Waals surface area contributed by atoms with Gasteiger partial charge in [-0.25, -0.2) is 0 Å². The van der Waals surface area contributed by atoms with Gasteiger partial charge in [0.15, 0.2) is 0 Å². The lowest BCUT2D eigenvalue weighted by atomic mass is 9.79. The number of amides is 1. The van der Waals surface area contributed by atoms with Crippen molar-refractivity contribution in [2.75, 3.05) is 16.2 Å². The molecule has 5 nitrogen and oxygen atoms in total. The van der Waals surface area contributed by atoms with E-state index in [-0.39, 0.29) is 5.91 Å². The van der Waals surface area contributed by atoms with E-state index in [0.717, 1.165) is 40.3 Å². The van der Waals surface area contributed by atoms with Crippen LogP contribution in [-0.4, -0.2) is 24.6 Å². The van der Waals surface area contributed by atoms with Crippen LogP contribution in [0.4, 0.5) is 11.4 Å². The van der Waals surface area contributed by atoms with E-state index in [1.807, 2.05) is 35.2 Å². The second-order valence-corrected chi connectivity index (χ2v) is 6.87. The van der Waals surface area contributed by atoms with Gasteiger partial charge >= 0.3 is 7.12 Å². The second-order valence-electron chi connectivity index (χ2n) is 5.99. The lowest BCUT2D eigenvalue weighted by Crippen LogP contribution is -2.28. The number of fused-ring (bicyclic) bond motifs is 2. The number of carbonyl (C=O) groups excluding carboxylic acids is 1. The van der Waals surface area contributed by atoms with Crippen LogP contribution in [0.1, 0.15) is 18.1 Å². The molecule has 0 unspecified atom stereocenters. The molecule has 2 aromatic carbocycles. The summed E-state index contributed by atoms with van der Waals surface area (Å²) in [7, 11) is -0.829. The molecule has 0 saturated heterocycles. The Bertz CT molecular complexity index is 814. The molecule has 2 aromatic rings. The summed E-state index contributed by atoms with van der Waals surface area (Å²) in [5, 5.41) is 9.78. The summed E-state index contributed by atoms with van der Waals surface area (Å²) in [6, 6.07) is 12.0. The van der Waals surface area contributed by atoms with Gasteiger partial charge in [-0.15, -0.1) is 0 Å². The van der Waals surface area contributed by atoms with Gasteiger partial charge in [0, 0.05) is 29.7 Å². The average Bonchev–Trinajstić information content (AvgIpc) is 3.16. The van der Waals surface area contributed by atoms with E-state index in [1.54, 1.807) is 6.92 Å². The Morgan fingerprint density at radius 3 is 3.00 bits per heavy atom. The highest BCUT2D eigenvalue weighted by Gasteiger charge is 2.27. The van der Waals surface area contributed by atoms with Crippen LogP contribution in [-0.2, 0) is 22.5 Å². The molecule has 0 aliphatic carbocycles. The summed E-state index contributed by atoms with van der Waals surface area (Å²) >= 11 is 1.52. The predicted octanol–water partition coefficient (Wildman–Crippen LogP) is 1.93. The van der Waals surface area contributed by atoms with E-state index in [2.05, 4.69) is 10.8 Å². The minimum Gasteiger partial charge on any atom is -0.423 e. The Kier molecular flexibility index (Phi) is 4.00. The van der Waals surface area contributed by atoms with Gasteiger partial charge in [-0.3, -0.25) is 4.79 Å². The van der Waals surface area contributed by atoms with Gasteiger partial charge in [0.25, 0.3) is 0 Å². The molecule has 2 aliphatic heterocycles. The van der Waals surface area contributed by atoms with Gasteiger partial charge in [-0.05, 0) is 65.3 Å². The quantitative estimate of drug-likeness (QED) is 0.660. The van der Waals surface area contributed by atoms with Crippen LogP contribution < -0.4 is 15.1 Å². The number of hydrogen-bond acceptors (Lipinski definition) is 5. The molecular weight excluding hydrogens is 323 g/mol. The first-order chi connectivity index (χ1) is 11.6. The number of rotatable bonds is 3. The fourth-order valence-electron chi connectivity index (χ4n) is 3.16. The van der Waals surface area contributed by atoms with Crippen molar-refractivity contribution in [1.82, 2.24) is 0 Å². The van der Waals surface area contributed by atoms with Gasteiger partial charge in [0.2, 0.25) is 5.91 Å². The molecule has 0 radical (unpaired) electrons. The van der Waals surface area contributed by atoms with E-state index < -0.39 is 7.12 Å². The van der Waals surface area contributed by atoms with E-state index in [0.29, 0.717) is 6.61 Å². The fraction of sp³-hybridized carbons (Fsp3) is 0.235. The first-order valence-corrected chi connectivity index (χ1v) is 8.70. The maximum Gasteiger partial charge on any atom is 0.491 e. The van der Waals surface area contributed by atoms with E-state index >= 15 is 0 Å². The number of hydrogen-bond donors (Lipinski definition) is 2. The standard InChI is InChI=1S/C17H17BN2O3S/c1-11(21)20-7-6-12-8-15(4-5-17(12)20)24-19-14-3-2-13-10-23-18(22)16(13)9-14/h2-5,8-9,19,22H,6-7,10H2,1H3. The van der Waals surface area contributed by atoms with E-state index in [4.69, 9.17) is 4.65 Å². The third kappa shape index (κ3) is 2.79. The van der Waals surface area contributed by atoms with E-state index in [9.17, 15) is 9.82 Å². The highest BCUT2D eigenvalue weighted by molar-refractivity contribution is 8.00. The number of nitrogens with one attached hydrogen (secondary N) is 1. The molecule has 0 saturated carbocycles. The zero-order valence-corrected chi connectivity index (χ0v) is 14.1. The molecule has 24 heavy (non-hydrogen) atoms. The molecule has 2 aliphatic rings. The molecule has 0 atom stereocenters. The Morgan fingerprint density at radius 2 is 2.17 bits per heavy atom. The Hall–Kier alpha value is -1.96. The second kappa shape index (κ2) is 6.16. The summed E-state index contributed by atoms with van der Waals surface area (Å²) in [6.45, 7) is 2.82. The van der Waals surface area contributed by atoms with Crippen LogP contribution in [0.3, 0.4) is 0 Å². The van der Waals surface area contributed by atoms with Crippen LogP contribution in [0.5, 0.6) is 0 Å². The molecule has 2 heterocycles. The largest absolute Gasteiger partial charge is 0.491 e. The van der Waals surface area contributed by atoms with Crippen molar-refractivity contribution in [2.24, 2.45) is 0 Å². The minimum absolute atomic E-state index is 0.0891. The van der Waals surface area contributed by atoms with Crippen LogP contribution in [0, 0.1) is 0 Å². The summed E-state index contributed by atoms with van der Waals surface area (Å²) in [6.07, 6.45) is 0.895. The molecule has 7 heteroatoms. The molecule has 0 bridgehead atoms. The first-order valence-electron chi connectivity index (χ1n) is 7.88. The third-order valence-electron chi connectivity index (χ3n) is 4.42. The average molecular weight is 340 g/mol. The highest BCUT2D eigenvalue weighted by atomic mass is 32.2. The minimum atomic E-state index is -0.829. The fourth-order valence-corrected chi connectivity index (χ4v) is 3.86. The maximum absolute atomic E-state index is 11.6. The van der Waals surface area contributed by atoms with E-state index in [1.165, 1.54) is 17.5 Å². The zero-order valence-electron chi connectivity index (χ0n) is 13.3. The van der Waals surface area contributed by atoms with Crippen molar-refractivity contribution in [1.29, 1.82) is 0 Å². The smallest absolute Gasteiger partial charge is 0.423 e. The zero-order chi connectivity index (χ0) is 16.7. The Balaban J connectivity index is 1.47. The maximum atomic E-state index is 11.6. The number of nitrogens with zero attached hydrogens (tertiary/aromatic N) is 1. The lowest BCUT2D eigenvalue weighted by Gasteiger charge is -2.15. The van der Waals surface area contributed by atoms with Crippen molar-refractivity contribution in [3.63, 3.8) is 0 Å². The lowest BCUT2D eigenvalue weighted by molar-refractivity contribution is -0.116. The van der Waals surface area contributed by atoms with Gasteiger partial charge in [0.1, 0.15) is 0 Å². The van der Waals surface area contributed by atoms with Crippen LogP contribution >= 0.6 is 11.9 Å². The van der Waals surface area contributed by atoms with Gasteiger partial charge in [-0.2, -0.15) is 0 Å². The predicted molar refractivity (Wildman–Crippen MR) is 96.5 cm³/mol. The summed E-state index contributed by atoms with van der Waals surface area (Å²) in [5.74, 6) is 0.0891. The number of benzene rings is 2. The molecule has 0 spiro atoms. The molecule has 0 aromatic heterocycles. The van der Waals surface area contributed by atoms with Crippen molar-refractivity contribution in [2.45, 2.75) is 24.8 Å². The molecule has 2 N–H and O–H groups in total. The molecule has 0 fully saturated rings. The third-order valence-corrected chi connectivity index (χ3v) is 5.25. The van der Waals surface area contributed by atoms with Crippen molar-refractivity contribution in [3.05, 3.63) is 47.5 Å². The van der Waals surface area contributed by atoms with Crippen LogP contribution in [0.2, 0.25) is 0 Å². The topological polar surface area (TPSA) is 61.8 Å². The van der Waals surface area contributed by atoms with Crippen molar-refractivity contribution in [3.8, 4) is 0 Å². The molecule has 122 valence electrons. The SMILES string of the molecule is CC(=O)N1CCc2cc(SNc3ccc4c(c3)B(O)OC4)ccc21. The summed E-state index contributed by atoms with van der Waals surface area (Å²) < 4.78 is 8.52. The van der Waals surface area contributed by atoms with Crippen LogP contribution in [0.15, 0.2) is 41.3 Å². The normalized spacial score (nSPS) is 15.4. The summed E-state index contributed by atoms with van der Waals surface area (Å²) in [4.78, 5) is 14.5. The van der Waals surface area contributed by atoms with Gasteiger partial charge in [-0.1, -0.05) is 6.07 Å². The monoisotopic (exact) mass is 340 g/mol. The number of anilines is 2.